The number of aliphatic carboxylic acids is 1. The van der Waals surface area contributed by atoms with E-state index in [0.717, 1.165) is 38.5 Å². The van der Waals surface area contributed by atoms with Crippen molar-refractivity contribution < 1.29 is 94.5 Å². The highest BCUT2D eigenvalue weighted by Crippen LogP contribution is 2.76. The molecule has 384 valence electrons. The number of allylic oxidation sites excluding steroid dienone is 2. The van der Waals surface area contributed by atoms with E-state index in [1.807, 2.05) is 20.8 Å². The highest BCUT2D eigenvalue weighted by molar-refractivity contribution is 5.73. The average molecular weight is 959 g/mol. The molecule has 0 radical (unpaired) electrons. The predicted molar refractivity (Wildman–Crippen MR) is 232 cm³/mol. The first-order valence-corrected chi connectivity index (χ1v) is 24.4. The Balaban J connectivity index is 1.08. The summed E-state index contributed by atoms with van der Waals surface area (Å²) >= 11 is 0. The van der Waals surface area contributed by atoms with Gasteiger partial charge in [-0.3, -0.25) is 0 Å². The molecule has 19 heteroatoms. The smallest absolute Gasteiger partial charge is 0.335 e. The molecule has 26 atom stereocenters. The first-order valence-electron chi connectivity index (χ1n) is 24.4. The highest BCUT2D eigenvalue weighted by Gasteiger charge is 2.70. The van der Waals surface area contributed by atoms with Crippen molar-refractivity contribution in [3.63, 3.8) is 0 Å². The van der Waals surface area contributed by atoms with Crippen LogP contribution in [0.15, 0.2) is 11.6 Å². The Morgan fingerprint density at radius 1 is 0.657 bits per heavy atom. The number of aliphatic hydroxyl groups excluding tert-OH is 11. The van der Waals surface area contributed by atoms with E-state index >= 15 is 0 Å². The molecule has 4 unspecified atom stereocenters. The molecule has 0 aromatic heterocycles. The molecule has 8 rings (SSSR count). The zero-order chi connectivity index (χ0) is 49.3. The minimum Gasteiger partial charge on any atom is -0.479 e. The molecular formula is C48H78O19. The summed E-state index contributed by atoms with van der Waals surface area (Å²) in [6.07, 6.45) is -20.7. The lowest BCUT2D eigenvalue weighted by molar-refractivity contribution is -0.396. The monoisotopic (exact) mass is 959 g/mol. The molecule has 3 aliphatic heterocycles. The Morgan fingerprint density at radius 2 is 1.28 bits per heavy atom. The van der Waals surface area contributed by atoms with Gasteiger partial charge in [0.15, 0.2) is 25.0 Å². The molecule has 3 saturated heterocycles. The molecule has 0 aromatic rings. The number of rotatable bonds is 9. The first kappa shape index (κ1) is 51.9. The van der Waals surface area contributed by atoms with Gasteiger partial charge < -0.3 is 89.7 Å². The Hall–Kier alpha value is -1.47. The van der Waals surface area contributed by atoms with Crippen molar-refractivity contribution in [3.8, 4) is 0 Å². The van der Waals surface area contributed by atoms with Crippen LogP contribution < -0.4 is 0 Å². The number of carboxylic acid groups (broad SMARTS) is 1. The molecule has 12 N–H and O–H groups in total. The van der Waals surface area contributed by atoms with Gasteiger partial charge in [-0.15, -0.1) is 0 Å². The van der Waals surface area contributed by atoms with Crippen LogP contribution >= 0.6 is 0 Å². The van der Waals surface area contributed by atoms with E-state index in [1.54, 1.807) is 0 Å². The molecular weight excluding hydrogens is 881 g/mol. The maximum absolute atomic E-state index is 12.5. The molecule has 0 amide bonds. The van der Waals surface area contributed by atoms with Crippen molar-refractivity contribution in [3.05, 3.63) is 11.6 Å². The van der Waals surface area contributed by atoms with Gasteiger partial charge in [0.05, 0.1) is 37.6 Å². The van der Waals surface area contributed by atoms with E-state index in [9.17, 15) is 66.1 Å². The van der Waals surface area contributed by atoms with E-state index in [4.69, 9.17) is 28.4 Å². The number of hydrogen-bond donors (Lipinski definition) is 12. The van der Waals surface area contributed by atoms with Crippen LogP contribution in [-0.4, -0.2) is 191 Å². The first-order chi connectivity index (χ1) is 31.2. The third-order valence-corrected chi connectivity index (χ3v) is 19.7. The molecule has 0 aromatic carbocycles. The lowest BCUT2D eigenvalue weighted by Crippen LogP contribution is -2.68. The average Bonchev–Trinajstić information content (AvgIpc) is 3.27. The molecule has 19 nitrogen and oxygen atoms in total. The lowest BCUT2D eigenvalue weighted by Gasteiger charge is -2.72. The van der Waals surface area contributed by atoms with Crippen LogP contribution in [0.3, 0.4) is 0 Å². The summed E-state index contributed by atoms with van der Waals surface area (Å²) in [7, 11) is 0. The van der Waals surface area contributed by atoms with E-state index < -0.39 is 139 Å². The van der Waals surface area contributed by atoms with Crippen LogP contribution in [-0.2, 0) is 33.2 Å². The number of carboxylic acids is 1. The molecule has 0 spiro atoms. The molecule has 8 aliphatic rings. The van der Waals surface area contributed by atoms with Gasteiger partial charge in [0.2, 0.25) is 0 Å². The quantitative estimate of drug-likeness (QED) is 0.104. The largest absolute Gasteiger partial charge is 0.479 e. The minimum absolute atomic E-state index is 0.102. The van der Waals surface area contributed by atoms with Crippen LogP contribution in [0.5, 0.6) is 0 Å². The SMILES string of the molecule is C[C@H]1O[C@@H](O[C@H]2[C@H](O[C@H]3[C@H](O[C@H]4CC[C@@]5(C)C(CC[C@]6(C)C5CC=C5C7CC(C)(C)[C@@H](O)[C@@H](O)[C@]7(C)CCC56C)[C@@]4(C)CO)O[C@H](C(=O)O)[C@@H](O)[C@H]3O)O[C@H](CO)[C@H](O)[C@H]2O)[C@H](O)[C@H](O)[C@H]1O. The summed E-state index contributed by atoms with van der Waals surface area (Å²) in [6.45, 7) is 15.5. The second-order valence-electron chi connectivity index (χ2n) is 23.6. The van der Waals surface area contributed by atoms with Crippen molar-refractivity contribution >= 4 is 5.97 Å². The number of ether oxygens (including phenoxy) is 6. The van der Waals surface area contributed by atoms with Crippen LogP contribution in [0, 0.1) is 50.2 Å². The molecule has 67 heavy (non-hydrogen) atoms. The summed E-state index contributed by atoms with van der Waals surface area (Å²) in [5.41, 5.74) is -1.17. The van der Waals surface area contributed by atoms with Gasteiger partial charge in [0, 0.05) is 10.8 Å². The lowest BCUT2D eigenvalue weighted by atomic mass is 9.33. The van der Waals surface area contributed by atoms with E-state index in [2.05, 4.69) is 33.8 Å². The van der Waals surface area contributed by atoms with Crippen molar-refractivity contribution in [2.24, 2.45) is 50.2 Å². The van der Waals surface area contributed by atoms with Gasteiger partial charge in [-0.25, -0.2) is 4.79 Å². The fourth-order valence-electron chi connectivity index (χ4n) is 15.1. The van der Waals surface area contributed by atoms with E-state index in [-0.39, 0.29) is 40.6 Å². The predicted octanol–water partition coefficient (Wildman–Crippen LogP) is -0.325. The second kappa shape index (κ2) is 17.9. The van der Waals surface area contributed by atoms with E-state index in [1.165, 1.54) is 12.5 Å². The van der Waals surface area contributed by atoms with Crippen LogP contribution in [0.2, 0.25) is 0 Å². The minimum atomic E-state index is -2.08. The number of carbonyl (C=O) groups is 1. The summed E-state index contributed by atoms with van der Waals surface area (Å²) in [6, 6.07) is 0. The van der Waals surface area contributed by atoms with Crippen molar-refractivity contribution in [2.75, 3.05) is 13.2 Å². The zero-order valence-corrected chi connectivity index (χ0v) is 40.0. The second-order valence-corrected chi connectivity index (χ2v) is 23.6. The summed E-state index contributed by atoms with van der Waals surface area (Å²) in [4.78, 5) is 12.5. The van der Waals surface area contributed by atoms with Crippen LogP contribution in [0.4, 0.5) is 0 Å². The summed E-state index contributed by atoms with van der Waals surface area (Å²) < 4.78 is 36.2. The van der Waals surface area contributed by atoms with Gasteiger partial charge >= 0.3 is 5.97 Å². The molecule has 7 fully saturated rings. The molecule has 0 bridgehead atoms. The van der Waals surface area contributed by atoms with Gasteiger partial charge in [0.25, 0.3) is 0 Å². The maximum atomic E-state index is 12.5. The van der Waals surface area contributed by atoms with Crippen molar-refractivity contribution in [2.45, 2.75) is 217 Å². The molecule has 3 heterocycles. The van der Waals surface area contributed by atoms with Crippen LogP contribution in [0.1, 0.15) is 107 Å². The molecule has 4 saturated carbocycles. The van der Waals surface area contributed by atoms with Crippen molar-refractivity contribution in [1.82, 2.24) is 0 Å². The molecule has 5 aliphatic carbocycles. The number of fused-ring (bicyclic) bond motifs is 7. The number of hydrogen-bond acceptors (Lipinski definition) is 18. The Kier molecular flexibility index (Phi) is 13.9. The normalized spacial score (nSPS) is 56.4. The highest BCUT2D eigenvalue weighted by atomic mass is 16.8. The fourth-order valence-corrected chi connectivity index (χ4v) is 15.1. The standard InChI is InChI=1S/C48H78O19/c1-20-27(51)29(53)33(57)40(62-20)66-35-30(54)28(52)23(18-49)63-41(35)67-36-32(56)31(55)34(39(60)61)65-42(36)64-26-12-13-45(5)24(46(26,6)19-50)11-14-48(8)25(45)10-9-21-22-17-43(2,3)37(58)38(59)44(22,4)15-16-47(21,48)7/h9,20,22-38,40-42,49-59H,10-19H2,1-8H3,(H,60,61)/t20-,22?,23-,24?,25?,26+,27+,28+,29-,30-,31+,32-,33-,34+,35-,36-,37+,38-,40+,41+,42-,44-,45+,46-,47?,48-/m1/s1. The Bertz CT molecular complexity index is 1850. The fraction of sp³-hybridized carbons (Fsp3) is 0.938. The maximum Gasteiger partial charge on any atom is 0.335 e. The topological polar surface area (TPSA) is 315 Å². The zero-order valence-electron chi connectivity index (χ0n) is 40.0. The van der Waals surface area contributed by atoms with Crippen molar-refractivity contribution in [1.29, 1.82) is 0 Å². The van der Waals surface area contributed by atoms with Gasteiger partial charge in [-0.2, -0.15) is 0 Å². The summed E-state index contributed by atoms with van der Waals surface area (Å²) in [5.74, 6) is -1.44. The Labute approximate surface area is 392 Å². The third-order valence-electron chi connectivity index (χ3n) is 19.7. The van der Waals surface area contributed by atoms with Gasteiger partial charge in [0.1, 0.15) is 61.0 Å². The number of aliphatic hydroxyl groups is 11. The summed E-state index contributed by atoms with van der Waals surface area (Å²) in [5, 5.41) is 131. The van der Waals surface area contributed by atoms with Gasteiger partial charge in [-0.1, -0.05) is 60.1 Å². The van der Waals surface area contributed by atoms with Gasteiger partial charge in [-0.05, 0) is 97.7 Å². The van der Waals surface area contributed by atoms with Crippen LogP contribution in [0.25, 0.3) is 0 Å². The Morgan fingerprint density at radius 3 is 1.91 bits per heavy atom. The van der Waals surface area contributed by atoms with E-state index in [0.29, 0.717) is 12.8 Å². The third kappa shape index (κ3) is 7.83.